The molecule has 0 amide bonds. The van der Waals surface area contributed by atoms with Crippen molar-refractivity contribution in [2.24, 2.45) is 0 Å². The first-order valence-electron chi connectivity index (χ1n) is 5.29. The first-order valence-corrected chi connectivity index (χ1v) is 5.29. The van der Waals surface area contributed by atoms with E-state index in [0.29, 0.717) is 11.8 Å². The monoisotopic (exact) mass is 276 g/mol. The number of benzene rings is 1. The summed E-state index contributed by atoms with van der Waals surface area (Å²) in [5.41, 5.74) is 0.113. The molecule has 0 radical (unpaired) electrons. The molecule has 0 saturated heterocycles. The molecule has 1 heterocycles. The van der Waals surface area contributed by atoms with E-state index in [1.807, 2.05) is 11.9 Å². The van der Waals surface area contributed by atoms with Crippen molar-refractivity contribution in [2.45, 2.75) is 19.0 Å². The molecule has 102 valence electrons. The smallest absolute Gasteiger partial charge is 0.337 e. The van der Waals surface area contributed by atoms with Crippen molar-refractivity contribution in [2.75, 3.05) is 0 Å². The summed E-state index contributed by atoms with van der Waals surface area (Å²) in [5, 5.41) is 0. The van der Waals surface area contributed by atoms with Crippen LogP contribution in [-0.4, -0.2) is 16.1 Å². The van der Waals surface area contributed by atoms with Gasteiger partial charge in [0.25, 0.3) is 0 Å². The molecule has 1 N–H and O–H groups in total. The van der Waals surface area contributed by atoms with Crippen molar-refractivity contribution < 1.29 is 22.0 Å². The normalized spacial score (nSPS) is 12.7. The van der Waals surface area contributed by atoms with Crippen LogP contribution < -0.4 is 0 Å². The number of aryl methyl sites for hydroxylation is 1. The summed E-state index contributed by atoms with van der Waals surface area (Å²) in [5.74, 6) is -4.97. The first-order chi connectivity index (χ1) is 8.72. The molecule has 19 heavy (non-hydrogen) atoms. The van der Waals surface area contributed by atoms with E-state index < -0.39 is 17.8 Å². The van der Waals surface area contributed by atoms with Crippen molar-refractivity contribution in [1.82, 2.24) is 9.97 Å². The number of H-pyrrole nitrogens is 1. The Hall–Kier alpha value is -1.92. The summed E-state index contributed by atoms with van der Waals surface area (Å²) in [7, 11) is 0. The highest BCUT2D eigenvalue weighted by atomic mass is 19.4. The van der Waals surface area contributed by atoms with E-state index in [1.165, 1.54) is 0 Å². The van der Waals surface area contributed by atoms with Crippen LogP contribution in [0.4, 0.5) is 22.0 Å². The average molecular weight is 276 g/mol. The van der Waals surface area contributed by atoms with Gasteiger partial charge in [-0.1, -0.05) is 29.8 Å². The highest BCUT2D eigenvalue weighted by Gasteiger charge is 2.60. The zero-order valence-corrected chi connectivity index (χ0v) is 9.72. The lowest BCUT2D eigenvalue weighted by atomic mass is 10.1. The minimum atomic E-state index is -5.65. The number of imidazole rings is 1. The Labute approximate surface area is 105 Å². The number of halogens is 5. The van der Waals surface area contributed by atoms with Gasteiger partial charge in [0.1, 0.15) is 11.5 Å². The molecular weight excluding hydrogens is 267 g/mol. The Bertz CT molecular complexity index is 569. The molecule has 0 unspecified atom stereocenters. The van der Waals surface area contributed by atoms with Gasteiger partial charge in [-0.05, 0) is 6.92 Å². The number of nitrogens with zero attached hydrogens (tertiary/aromatic N) is 1. The molecule has 0 spiro atoms. The molecule has 2 nitrogen and oxygen atoms in total. The van der Waals surface area contributed by atoms with Gasteiger partial charge < -0.3 is 4.98 Å². The maximum atomic E-state index is 13.1. The molecule has 0 atom stereocenters. The number of alkyl halides is 5. The van der Waals surface area contributed by atoms with Crippen LogP contribution in [0.2, 0.25) is 0 Å². The van der Waals surface area contributed by atoms with E-state index >= 15 is 0 Å². The summed E-state index contributed by atoms with van der Waals surface area (Å²) in [6.07, 6.45) is -5.15. The second-order valence-electron chi connectivity index (χ2n) is 4.08. The van der Waals surface area contributed by atoms with E-state index in [1.54, 1.807) is 24.3 Å². The lowest BCUT2D eigenvalue weighted by molar-refractivity contribution is -0.290. The van der Waals surface area contributed by atoms with Crippen molar-refractivity contribution in [3.63, 3.8) is 0 Å². The standard InChI is InChI=1S/C12H9F5N2/c1-7-2-4-8(5-3-7)10-18-6-9(19-10)11(13,14)12(15,16)17/h2-6H,1H3,(H,18,19). The number of rotatable bonds is 2. The molecular formula is C12H9F5N2. The fourth-order valence-electron chi connectivity index (χ4n) is 1.49. The second-order valence-corrected chi connectivity index (χ2v) is 4.08. The van der Waals surface area contributed by atoms with E-state index in [-0.39, 0.29) is 5.82 Å². The highest BCUT2D eigenvalue weighted by molar-refractivity contribution is 5.55. The van der Waals surface area contributed by atoms with Gasteiger partial charge in [-0.25, -0.2) is 4.98 Å². The maximum absolute atomic E-state index is 13.1. The highest BCUT2D eigenvalue weighted by Crippen LogP contribution is 2.43. The fourth-order valence-corrected chi connectivity index (χ4v) is 1.49. The molecule has 1 aromatic carbocycles. The first kappa shape index (κ1) is 13.5. The summed E-state index contributed by atoms with van der Waals surface area (Å²) in [4.78, 5) is 5.57. The fraction of sp³-hybridized carbons (Fsp3) is 0.250. The van der Waals surface area contributed by atoms with Gasteiger partial charge in [0.15, 0.2) is 0 Å². The van der Waals surface area contributed by atoms with Crippen LogP contribution in [-0.2, 0) is 5.92 Å². The minimum Gasteiger partial charge on any atom is -0.337 e. The van der Waals surface area contributed by atoms with E-state index in [4.69, 9.17) is 0 Å². The van der Waals surface area contributed by atoms with Gasteiger partial charge in [0.2, 0.25) is 0 Å². The van der Waals surface area contributed by atoms with Gasteiger partial charge in [-0.15, -0.1) is 0 Å². The Morgan fingerprint density at radius 3 is 2.11 bits per heavy atom. The number of nitrogens with one attached hydrogen (secondary N) is 1. The Kier molecular flexibility index (Phi) is 3.07. The third-order valence-corrected chi connectivity index (χ3v) is 2.60. The number of aromatic amines is 1. The van der Waals surface area contributed by atoms with E-state index in [9.17, 15) is 22.0 Å². The Morgan fingerprint density at radius 1 is 1.00 bits per heavy atom. The van der Waals surface area contributed by atoms with Gasteiger partial charge in [0, 0.05) is 5.56 Å². The van der Waals surface area contributed by atoms with Gasteiger partial charge in [-0.3, -0.25) is 0 Å². The molecule has 0 aliphatic carbocycles. The van der Waals surface area contributed by atoms with Crippen LogP contribution in [0.3, 0.4) is 0 Å². The second kappa shape index (κ2) is 4.32. The van der Waals surface area contributed by atoms with Crippen molar-refractivity contribution >= 4 is 0 Å². The number of hydrogen-bond donors (Lipinski definition) is 1. The Balaban J connectivity index is 2.37. The van der Waals surface area contributed by atoms with Crippen LogP contribution in [0, 0.1) is 6.92 Å². The molecule has 0 aliphatic rings. The SMILES string of the molecule is Cc1ccc(-c2ncc(C(F)(F)C(F)(F)F)[nH]2)cc1. The molecule has 0 bridgehead atoms. The zero-order valence-electron chi connectivity index (χ0n) is 9.72. The predicted molar refractivity (Wildman–Crippen MR) is 58.7 cm³/mol. The van der Waals surface area contributed by atoms with Crippen molar-refractivity contribution in [1.29, 1.82) is 0 Å². The summed E-state index contributed by atoms with van der Waals surface area (Å²) in [6, 6.07) is 6.59. The molecule has 0 fully saturated rings. The predicted octanol–water partition coefficient (Wildman–Crippen LogP) is 4.04. The van der Waals surface area contributed by atoms with Gasteiger partial charge in [0.05, 0.1) is 6.20 Å². The largest absolute Gasteiger partial charge is 0.459 e. The molecule has 0 aliphatic heterocycles. The van der Waals surface area contributed by atoms with Gasteiger partial charge >= 0.3 is 12.1 Å². The molecule has 7 heteroatoms. The third-order valence-electron chi connectivity index (χ3n) is 2.60. The number of aromatic nitrogens is 2. The van der Waals surface area contributed by atoms with E-state index in [0.717, 1.165) is 5.56 Å². The zero-order chi connectivity index (χ0) is 14.3. The van der Waals surface area contributed by atoms with Crippen LogP contribution in [0.25, 0.3) is 11.4 Å². The topological polar surface area (TPSA) is 28.7 Å². The molecule has 2 rings (SSSR count). The quantitative estimate of drug-likeness (QED) is 0.824. The van der Waals surface area contributed by atoms with Crippen molar-refractivity contribution in [3.05, 3.63) is 41.7 Å². The summed E-state index contributed by atoms with van der Waals surface area (Å²) < 4.78 is 62.7. The summed E-state index contributed by atoms with van der Waals surface area (Å²) in [6.45, 7) is 1.83. The lowest BCUT2D eigenvalue weighted by Gasteiger charge is -2.17. The Morgan fingerprint density at radius 2 is 1.58 bits per heavy atom. The van der Waals surface area contributed by atoms with Crippen LogP contribution in [0.1, 0.15) is 11.3 Å². The molecule has 2 aromatic rings. The third kappa shape index (κ3) is 2.45. The van der Waals surface area contributed by atoms with Crippen LogP contribution in [0.15, 0.2) is 30.5 Å². The lowest BCUT2D eigenvalue weighted by Crippen LogP contribution is -2.33. The van der Waals surface area contributed by atoms with Crippen LogP contribution >= 0.6 is 0 Å². The van der Waals surface area contributed by atoms with Crippen molar-refractivity contribution in [3.8, 4) is 11.4 Å². The average Bonchev–Trinajstić information content (AvgIpc) is 2.78. The number of hydrogen-bond acceptors (Lipinski definition) is 1. The molecule has 1 aromatic heterocycles. The van der Waals surface area contributed by atoms with Gasteiger partial charge in [-0.2, -0.15) is 22.0 Å². The van der Waals surface area contributed by atoms with Crippen LogP contribution in [0.5, 0.6) is 0 Å². The molecule has 0 saturated carbocycles. The maximum Gasteiger partial charge on any atom is 0.459 e. The minimum absolute atomic E-state index is 0.0288. The van der Waals surface area contributed by atoms with E-state index in [2.05, 4.69) is 4.98 Å². The summed E-state index contributed by atoms with van der Waals surface area (Å²) >= 11 is 0.